The van der Waals surface area contributed by atoms with Crippen LogP contribution in [0.2, 0.25) is 0 Å². The summed E-state index contributed by atoms with van der Waals surface area (Å²) in [6.07, 6.45) is 3.76. The van der Waals surface area contributed by atoms with Gasteiger partial charge in [0.05, 0.1) is 11.6 Å². The van der Waals surface area contributed by atoms with Gasteiger partial charge in [0.25, 0.3) is 5.91 Å². The summed E-state index contributed by atoms with van der Waals surface area (Å²) >= 11 is 1.42. The van der Waals surface area contributed by atoms with Crippen LogP contribution in [0.5, 0.6) is 0 Å². The highest BCUT2D eigenvalue weighted by Crippen LogP contribution is 2.28. The SMILES string of the molecule is CNC(=O)CCC(C=O)N(C)C(=O)c1c(C=O)cccc1SCCCCCC(=O)O. The van der Waals surface area contributed by atoms with E-state index < -0.39 is 17.9 Å². The molecule has 0 bridgehead atoms. The van der Waals surface area contributed by atoms with Gasteiger partial charge in [0.2, 0.25) is 5.91 Å². The van der Waals surface area contributed by atoms with Crippen molar-refractivity contribution in [2.24, 2.45) is 0 Å². The number of carbonyl (C=O) groups is 5. The van der Waals surface area contributed by atoms with E-state index in [1.165, 1.54) is 30.8 Å². The van der Waals surface area contributed by atoms with Crippen LogP contribution in [-0.4, -0.2) is 66.3 Å². The predicted octanol–water partition coefficient (Wildman–Crippen LogP) is 2.40. The van der Waals surface area contributed by atoms with Gasteiger partial charge in [-0.3, -0.25) is 19.2 Å². The highest BCUT2D eigenvalue weighted by Gasteiger charge is 2.25. The molecule has 1 atom stereocenters. The van der Waals surface area contributed by atoms with Crippen molar-refractivity contribution >= 4 is 42.1 Å². The molecular formula is C21H28N2O6S. The number of carboxylic acid groups (broad SMARTS) is 1. The van der Waals surface area contributed by atoms with E-state index in [-0.39, 0.29) is 36.3 Å². The Morgan fingerprint density at radius 3 is 2.50 bits per heavy atom. The summed E-state index contributed by atoms with van der Waals surface area (Å²) in [5, 5.41) is 11.2. The molecule has 0 aliphatic carbocycles. The van der Waals surface area contributed by atoms with Gasteiger partial charge < -0.3 is 20.1 Å². The third kappa shape index (κ3) is 7.98. The quantitative estimate of drug-likeness (QED) is 0.261. The molecule has 1 unspecified atom stereocenters. The smallest absolute Gasteiger partial charge is 0.303 e. The third-order valence-electron chi connectivity index (χ3n) is 4.61. The number of benzene rings is 1. The zero-order valence-electron chi connectivity index (χ0n) is 17.3. The summed E-state index contributed by atoms with van der Waals surface area (Å²) in [5.41, 5.74) is 0.469. The number of hydrogen-bond donors (Lipinski definition) is 2. The second kappa shape index (κ2) is 13.5. The lowest BCUT2D eigenvalue weighted by molar-refractivity contribution is -0.137. The normalized spacial score (nSPS) is 11.4. The maximum Gasteiger partial charge on any atom is 0.303 e. The Morgan fingerprint density at radius 1 is 1.17 bits per heavy atom. The molecule has 1 aromatic rings. The Bertz CT molecular complexity index is 768. The molecule has 8 nitrogen and oxygen atoms in total. The fourth-order valence-electron chi connectivity index (χ4n) is 2.82. The second-order valence-electron chi connectivity index (χ2n) is 6.72. The summed E-state index contributed by atoms with van der Waals surface area (Å²) in [7, 11) is 2.98. The number of likely N-dealkylation sites (N-methyl/N-ethyl adjacent to an activating group) is 1. The lowest BCUT2D eigenvalue weighted by Crippen LogP contribution is -2.39. The van der Waals surface area contributed by atoms with Crippen LogP contribution in [0.25, 0.3) is 0 Å². The summed E-state index contributed by atoms with van der Waals surface area (Å²) in [5.74, 6) is -0.840. The maximum atomic E-state index is 13.1. The number of aldehydes is 2. The van der Waals surface area contributed by atoms with Crippen LogP contribution in [0.3, 0.4) is 0 Å². The standard InChI is InChI=1S/C21H28N2O6S/c1-22-18(26)11-10-16(14-25)23(2)21(29)20-15(13-24)7-6-8-17(20)30-12-5-3-4-9-19(27)28/h6-8,13-14,16H,3-5,9-12H2,1-2H3,(H,22,26)(H,27,28). The zero-order valence-corrected chi connectivity index (χ0v) is 18.1. The minimum atomic E-state index is -0.821. The van der Waals surface area contributed by atoms with Gasteiger partial charge in [-0.15, -0.1) is 11.8 Å². The van der Waals surface area contributed by atoms with Crippen LogP contribution in [-0.2, 0) is 14.4 Å². The predicted molar refractivity (Wildman–Crippen MR) is 114 cm³/mol. The number of amides is 2. The molecule has 0 aliphatic heterocycles. The number of carbonyl (C=O) groups excluding carboxylic acids is 4. The molecular weight excluding hydrogens is 408 g/mol. The highest BCUT2D eigenvalue weighted by atomic mass is 32.2. The molecule has 0 heterocycles. The van der Waals surface area contributed by atoms with Gasteiger partial charge in [-0.05, 0) is 31.1 Å². The topological polar surface area (TPSA) is 121 Å². The van der Waals surface area contributed by atoms with E-state index in [1.54, 1.807) is 18.2 Å². The molecule has 30 heavy (non-hydrogen) atoms. The van der Waals surface area contributed by atoms with E-state index in [2.05, 4.69) is 5.32 Å². The lowest BCUT2D eigenvalue weighted by atomic mass is 10.1. The molecule has 0 saturated carbocycles. The Kier molecular flexibility index (Phi) is 11.4. The number of nitrogens with zero attached hydrogens (tertiary/aromatic N) is 1. The van der Waals surface area contributed by atoms with Crippen molar-refractivity contribution in [2.45, 2.75) is 49.5 Å². The average molecular weight is 437 g/mol. The Labute approximate surface area is 180 Å². The molecule has 2 amide bonds. The average Bonchev–Trinajstić information content (AvgIpc) is 2.75. The van der Waals surface area contributed by atoms with Crippen molar-refractivity contribution in [1.82, 2.24) is 10.2 Å². The first-order chi connectivity index (χ1) is 14.3. The van der Waals surface area contributed by atoms with E-state index in [0.29, 0.717) is 29.6 Å². The van der Waals surface area contributed by atoms with Crippen LogP contribution in [0.15, 0.2) is 23.1 Å². The zero-order chi connectivity index (χ0) is 22.5. The van der Waals surface area contributed by atoms with E-state index in [0.717, 1.165) is 12.8 Å². The second-order valence-corrected chi connectivity index (χ2v) is 7.86. The van der Waals surface area contributed by atoms with Crippen LogP contribution in [0, 0.1) is 0 Å². The van der Waals surface area contributed by atoms with Crippen LogP contribution in [0.1, 0.15) is 59.2 Å². The van der Waals surface area contributed by atoms with Crippen molar-refractivity contribution in [1.29, 1.82) is 0 Å². The number of unbranched alkanes of at least 4 members (excludes halogenated alkanes) is 2. The fraction of sp³-hybridized carbons (Fsp3) is 0.476. The minimum absolute atomic E-state index is 0.102. The Balaban J connectivity index is 2.89. The number of nitrogens with one attached hydrogen (secondary N) is 1. The van der Waals surface area contributed by atoms with Crippen LogP contribution in [0.4, 0.5) is 0 Å². The molecule has 0 radical (unpaired) electrons. The van der Waals surface area contributed by atoms with Gasteiger partial charge in [-0.25, -0.2) is 0 Å². The van der Waals surface area contributed by atoms with E-state index in [1.807, 2.05) is 0 Å². The minimum Gasteiger partial charge on any atom is -0.481 e. The molecule has 0 fully saturated rings. The number of thioether (sulfide) groups is 1. The Hall–Kier alpha value is -2.68. The van der Waals surface area contributed by atoms with Gasteiger partial charge >= 0.3 is 5.97 Å². The van der Waals surface area contributed by atoms with E-state index >= 15 is 0 Å². The fourth-order valence-corrected chi connectivity index (χ4v) is 3.91. The molecule has 9 heteroatoms. The maximum absolute atomic E-state index is 13.1. The molecule has 0 saturated heterocycles. The highest BCUT2D eigenvalue weighted by molar-refractivity contribution is 7.99. The number of rotatable bonds is 14. The summed E-state index contributed by atoms with van der Waals surface area (Å²) < 4.78 is 0. The van der Waals surface area contributed by atoms with Crippen LogP contribution < -0.4 is 5.32 Å². The van der Waals surface area contributed by atoms with E-state index in [4.69, 9.17) is 5.11 Å². The van der Waals surface area contributed by atoms with Crippen molar-refractivity contribution in [3.05, 3.63) is 29.3 Å². The molecule has 2 N–H and O–H groups in total. The number of hydrogen-bond acceptors (Lipinski definition) is 6. The van der Waals surface area contributed by atoms with Crippen molar-refractivity contribution < 1.29 is 29.1 Å². The Morgan fingerprint density at radius 2 is 1.90 bits per heavy atom. The molecule has 1 rings (SSSR count). The molecule has 1 aromatic carbocycles. The largest absolute Gasteiger partial charge is 0.481 e. The first-order valence-electron chi connectivity index (χ1n) is 9.71. The molecule has 0 aromatic heterocycles. The van der Waals surface area contributed by atoms with E-state index in [9.17, 15) is 24.0 Å². The summed E-state index contributed by atoms with van der Waals surface area (Å²) in [6.45, 7) is 0. The van der Waals surface area contributed by atoms with Gasteiger partial charge in [0.1, 0.15) is 6.29 Å². The number of carboxylic acids is 1. The van der Waals surface area contributed by atoms with Gasteiger partial charge in [0.15, 0.2) is 6.29 Å². The van der Waals surface area contributed by atoms with Crippen molar-refractivity contribution in [3.8, 4) is 0 Å². The van der Waals surface area contributed by atoms with Crippen LogP contribution >= 0.6 is 11.8 Å². The summed E-state index contributed by atoms with van der Waals surface area (Å²) in [4.78, 5) is 60.0. The molecule has 0 aliphatic rings. The van der Waals surface area contributed by atoms with Crippen molar-refractivity contribution in [3.63, 3.8) is 0 Å². The molecule has 0 spiro atoms. The first-order valence-corrected chi connectivity index (χ1v) is 10.7. The molecule has 164 valence electrons. The van der Waals surface area contributed by atoms with Gasteiger partial charge in [-0.1, -0.05) is 18.6 Å². The van der Waals surface area contributed by atoms with Gasteiger partial charge in [0, 0.05) is 37.4 Å². The third-order valence-corrected chi connectivity index (χ3v) is 5.76. The lowest BCUT2D eigenvalue weighted by Gasteiger charge is -2.25. The van der Waals surface area contributed by atoms with Crippen molar-refractivity contribution in [2.75, 3.05) is 19.8 Å². The summed E-state index contributed by atoms with van der Waals surface area (Å²) in [6, 6.07) is 4.20. The first kappa shape index (κ1) is 25.4. The van der Waals surface area contributed by atoms with Gasteiger partial charge in [-0.2, -0.15) is 0 Å². The monoisotopic (exact) mass is 436 g/mol. The number of aliphatic carboxylic acids is 1.